The molecule has 0 bridgehead atoms. The zero-order valence-electron chi connectivity index (χ0n) is 15.4. The molecule has 1 aliphatic rings. The molecule has 0 aromatic heterocycles. The SMILES string of the molecule is Cl.Cl.NC(N)=NCC1CCC(CNS(=O)(=O)c2ccccc2OC(F)(F)F)CC1. The van der Waals surface area contributed by atoms with Crippen LogP contribution in [-0.2, 0) is 10.0 Å². The van der Waals surface area contributed by atoms with E-state index in [1.807, 2.05) is 0 Å². The largest absolute Gasteiger partial charge is 0.573 e. The molecule has 0 amide bonds. The lowest BCUT2D eigenvalue weighted by molar-refractivity contribution is -0.275. The second-order valence-corrected chi connectivity index (χ2v) is 8.23. The fourth-order valence-corrected chi connectivity index (χ4v) is 4.28. The van der Waals surface area contributed by atoms with E-state index < -0.39 is 27.0 Å². The highest BCUT2D eigenvalue weighted by molar-refractivity contribution is 7.89. The van der Waals surface area contributed by atoms with Crippen molar-refractivity contribution in [3.8, 4) is 5.75 Å². The Morgan fingerprint density at radius 1 is 1.10 bits per heavy atom. The van der Waals surface area contributed by atoms with Crippen molar-refractivity contribution in [2.45, 2.75) is 36.9 Å². The molecule has 0 atom stereocenters. The lowest BCUT2D eigenvalue weighted by Gasteiger charge is -2.27. The van der Waals surface area contributed by atoms with Crippen LogP contribution in [0.3, 0.4) is 0 Å². The molecule has 1 aliphatic carbocycles. The van der Waals surface area contributed by atoms with E-state index in [0.717, 1.165) is 37.8 Å². The number of nitrogens with one attached hydrogen (secondary N) is 1. The number of halogens is 5. The number of hydrogen-bond acceptors (Lipinski definition) is 4. The summed E-state index contributed by atoms with van der Waals surface area (Å²) >= 11 is 0. The maximum absolute atomic E-state index is 12.5. The lowest BCUT2D eigenvalue weighted by atomic mass is 9.82. The van der Waals surface area contributed by atoms with E-state index in [-0.39, 0.29) is 43.2 Å². The maximum Gasteiger partial charge on any atom is 0.573 e. The zero-order chi connectivity index (χ0) is 20.1. The first-order valence-corrected chi connectivity index (χ1v) is 9.95. The second-order valence-electron chi connectivity index (χ2n) is 6.50. The third kappa shape index (κ3) is 9.28. The van der Waals surface area contributed by atoms with Crippen LogP contribution in [0.2, 0.25) is 0 Å². The summed E-state index contributed by atoms with van der Waals surface area (Å²) in [5, 5.41) is 0. The average Bonchev–Trinajstić information content (AvgIpc) is 2.58. The van der Waals surface area contributed by atoms with E-state index in [1.165, 1.54) is 12.1 Å². The van der Waals surface area contributed by atoms with Crippen LogP contribution < -0.4 is 20.9 Å². The number of nitrogens with zero attached hydrogens (tertiary/aromatic N) is 1. The van der Waals surface area contributed by atoms with Crippen molar-refractivity contribution in [1.82, 2.24) is 4.72 Å². The van der Waals surface area contributed by atoms with Crippen LogP contribution in [0.5, 0.6) is 5.75 Å². The van der Waals surface area contributed by atoms with E-state index in [0.29, 0.717) is 12.5 Å². The van der Waals surface area contributed by atoms with Gasteiger partial charge in [0.15, 0.2) is 5.96 Å². The van der Waals surface area contributed by atoms with E-state index >= 15 is 0 Å². The Kier molecular flexibility index (Phi) is 11.1. The summed E-state index contributed by atoms with van der Waals surface area (Å²) in [5.74, 6) is -0.255. The Balaban J connectivity index is 0.00000392. The van der Waals surface area contributed by atoms with Gasteiger partial charge in [0.05, 0.1) is 0 Å². The minimum absolute atomic E-state index is 0. The summed E-state index contributed by atoms with van der Waals surface area (Å²) in [6.07, 6.45) is -1.69. The molecular formula is C16H25Cl2F3N4O3S. The molecule has 0 saturated heterocycles. The minimum Gasteiger partial charge on any atom is -0.404 e. The molecule has 1 aromatic carbocycles. The highest BCUT2D eigenvalue weighted by Crippen LogP contribution is 2.31. The molecule has 29 heavy (non-hydrogen) atoms. The number of guanidine groups is 1. The van der Waals surface area contributed by atoms with Gasteiger partial charge in [0.2, 0.25) is 10.0 Å². The topological polar surface area (TPSA) is 120 Å². The second kappa shape index (κ2) is 11.7. The van der Waals surface area contributed by atoms with Gasteiger partial charge in [0.1, 0.15) is 10.6 Å². The fraction of sp³-hybridized carbons (Fsp3) is 0.562. The number of para-hydroxylation sites is 1. The van der Waals surface area contributed by atoms with Crippen LogP contribution in [0.1, 0.15) is 25.7 Å². The predicted octanol–water partition coefficient (Wildman–Crippen LogP) is 2.79. The monoisotopic (exact) mass is 480 g/mol. The molecule has 0 heterocycles. The summed E-state index contributed by atoms with van der Waals surface area (Å²) in [7, 11) is -4.13. The third-order valence-corrected chi connectivity index (χ3v) is 5.89. The number of alkyl halides is 3. The molecule has 0 radical (unpaired) electrons. The van der Waals surface area contributed by atoms with Gasteiger partial charge in [-0.15, -0.1) is 38.0 Å². The number of hydrogen-bond donors (Lipinski definition) is 3. The van der Waals surface area contributed by atoms with Gasteiger partial charge in [-0.05, 0) is 49.7 Å². The molecule has 13 heteroatoms. The molecule has 1 saturated carbocycles. The van der Waals surface area contributed by atoms with Crippen molar-refractivity contribution in [1.29, 1.82) is 0 Å². The quantitative estimate of drug-likeness (QED) is 0.409. The first-order valence-electron chi connectivity index (χ1n) is 8.46. The first-order chi connectivity index (χ1) is 12.6. The average molecular weight is 481 g/mol. The number of nitrogens with two attached hydrogens (primary N) is 2. The Morgan fingerprint density at radius 2 is 1.66 bits per heavy atom. The van der Waals surface area contributed by atoms with Gasteiger partial charge in [-0.1, -0.05) is 12.1 Å². The van der Waals surface area contributed by atoms with Crippen molar-refractivity contribution in [2.75, 3.05) is 13.1 Å². The van der Waals surface area contributed by atoms with Gasteiger partial charge in [0.25, 0.3) is 0 Å². The van der Waals surface area contributed by atoms with Gasteiger partial charge in [-0.25, -0.2) is 13.1 Å². The van der Waals surface area contributed by atoms with Crippen LogP contribution in [-0.4, -0.2) is 33.8 Å². The molecule has 2 rings (SSSR count). The molecular weight excluding hydrogens is 456 g/mol. The zero-order valence-corrected chi connectivity index (χ0v) is 17.8. The summed E-state index contributed by atoms with van der Waals surface area (Å²) in [5.41, 5.74) is 10.6. The molecule has 1 fully saturated rings. The predicted molar refractivity (Wildman–Crippen MR) is 109 cm³/mol. The van der Waals surface area contributed by atoms with Crippen LogP contribution >= 0.6 is 24.8 Å². The van der Waals surface area contributed by atoms with E-state index in [9.17, 15) is 21.6 Å². The smallest absolute Gasteiger partial charge is 0.404 e. The van der Waals surface area contributed by atoms with Gasteiger partial charge in [0, 0.05) is 13.1 Å². The van der Waals surface area contributed by atoms with Gasteiger partial charge in [-0.2, -0.15) is 0 Å². The van der Waals surface area contributed by atoms with Gasteiger partial charge < -0.3 is 16.2 Å². The van der Waals surface area contributed by atoms with E-state index in [4.69, 9.17) is 11.5 Å². The Bertz CT molecular complexity index is 767. The third-order valence-electron chi connectivity index (χ3n) is 4.42. The number of ether oxygens (including phenoxy) is 1. The first kappa shape index (κ1) is 27.6. The summed E-state index contributed by atoms with van der Waals surface area (Å²) in [4.78, 5) is 3.45. The highest BCUT2D eigenvalue weighted by atomic mass is 35.5. The summed E-state index contributed by atoms with van der Waals surface area (Å²) in [6, 6.07) is 4.66. The molecule has 0 aliphatic heterocycles. The standard InChI is InChI=1S/C16H23F3N4O3S.2ClH/c17-16(18,19)26-13-3-1-2-4-14(13)27(24,25)23-10-12-7-5-11(6-8-12)9-22-15(20)21;;/h1-4,11-12,23H,5-10H2,(H4,20,21,22);2*1H. The molecule has 1 aromatic rings. The molecule has 5 N–H and O–H groups in total. The lowest BCUT2D eigenvalue weighted by Crippen LogP contribution is -2.32. The van der Waals surface area contributed by atoms with Crippen molar-refractivity contribution in [3.63, 3.8) is 0 Å². The Labute approximate surface area is 180 Å². The molecule has 0 spiro atoms. The maximum atomic E-state index is 12.5. The highest BCUT2D eigenvalue weighted by Gasteiger charge is 2.34. The van der Waals surface area contributed by atoms with Crippen molar-refractivity contribution in [2.24, 2.45) is 28.3 Å². The number of aliphatic imine (C=N–C) groups is 1. The van der Waals surface area contributed by atoms with Crippen LogP contribution in [0.15, 0.2) is 34.2 Å². The number of benzene rings is 1. The van der Waals surface area contributed by atoms with Crippen molar-refractivity contribution >= 4 is 40.8 Å². The van der Waals surface area contributed by atoms with Gasteiger partial charge in [-0.3, -0.25) is 4.99 Å². The van der Waals surface area contributed by atoms with Gasteiger partial charge >= 0.3 is 6.36 Å². The molecule has 168 valence electrons. The Morgan fingerprint density at radius 3 is 2.21 bits per heavy atom. The van der Waals surface area contributed by atoms with Crippen LogP contribution in [0.4, 0.5) is 13.2 Å². The molecule has 7 nitrogen and oxygen atoms in total. The summed E-state index contributed by atoms with van der Waals surface area (Å²) < 4.78 is 68.5. The number of sulfonamides is 1. The minimum atomic E-state index is -4.97. The van der Waals surface area contributed by atoms with E-state index in [2.05, 4.69) is 14.5 Å². The van der Waals surface area contributed by atoms with Crippen molar-refractivity contribution in [3.05, 3.63) is 24.3 Å². The van der Waals surface area contributed by atoms with Crippen LogP contribution in [0.25, 0.3) is 0 Å². The normalized spacial score (nSPS) is 19.4. The van der Waals surface area contributed by atoms with Crippen molar-refractivity contribution < 1.29 is 26.3 Å². The molecule has 0 unspecified atom stereocenters. The summed E-state index contributed by atoms with van der Waals surface area (Å²) in [6.45, 7) is 0.695. The van der Waals surface area contributed by atoms with Crippen LogP contribution in [0, 0.1) is 11.8 Å². The number of rotatable bonds is 7. The fourth-order valence-electron chi connectivity index (χ4n) is 3.04. The van der Waals surface area contributed by atoms with E-state index in [1.54, 1.807) is 0 Å². The Hall–Kier alpha value is -1.43.